The number of carbonyl (C=O) groups is 1. The zero-order chi connectivity index (χ0) is 25.7. The molecule has 2 aromatic carbocycles. The monoisotopic (exact) mass is 556 g/mol. The molecule has 4 saturated carbocycles. The third kappa shape index (κ3) is 4.92. The van der Waals surface area contributed by atoms with Gasteiger partial charge in [0, 0.05) is 35.3 Å². The lowest BCUT2D eigenvalue weighted by Gasteiger charge is -2.54. The summed E-state index contributed by atoms with van der Waals surface area (Å²) < 4.78 is 1.75. The van der Waals surface area contributed by atoms with Crippen molar-refractivity contribution < 1.29 is 4.79 Å². The first-order valence-electron chi connectivity index (χ1n) is 13.2. The van der Waals surface area contributed by atoms with E-state index in [2.05, 4.69) is 10.6 Å². The summed E-state index contributed by atoms with van der Waals surface area (Å²) in [5.74, 6) is 3.38. The van der Waals surface area contributed by atoms with Crippen molar-refractivity contribution in [2.45, 2.75) is 45.1 Å². The minimum absolute atomic E-state index is 0.182. The first-order chi connectivity index (χ1) is 17.9. The van der Waals surface area contributed by atoms with Gasteiger partial charge in [0.25, 0.3) is 5.91 Å². The molecule has 7 rings (SSSR count). The van der Waals surface area contributed by atoms with Crippen LogP contribution in [-0.4, -0.2) is 34.8 Å². The molecule has 194 valence electrons. The summed E-state index contributed by atoms with van der Waals surface area (Å²) in [6, 6.07) is 13.5. The Hall–Kier alpha value is -2.05. The fourth-order valence-corrected chi connectivity index (χ4v) is 7.64. The molecule has 37 heavy (non-hydrogen) atoms. The molecule has 0 radical (unpaired) electrons. The molecule has 3 aromatic rings. The van der Waals surface area contributed by atoms with Gasteiger partial charge in [-0.3, -0.25) is 4.79 Å². The minimum Gasteiger partial charge on any atom is -0.349 e. The summed E-state index contributed by atoms with van der Waals surface area (Å²) in [5.41, 5.74) is 3.63. The number of nitrogens with one attached hydrogen (secondary N) is 2. The summed E-state index contributed by atoms with van der Waals surface area (Å²) >= 11 is 18.6. The van der Waals surface area contributed by atoms with E-state index >= 15 is 0 Å². The van der Waals surface area contributed by atoms with Crippen LogP contribution in [0.15, 0.2) is 42.5 Å². The molecule has 1 heterocycles. The van der Waals surface area contributed by atoms with E-state index in [0.29, 0.717) is 33.3 Å². The Bertz CT molecular complexity index is 1290. The molecule has 0 atom stereocenters. The Balaban J connectivity index is 1.19. The number of benzene rings is 2. The van der Waals surface area contributed by atoms with Gasteiger partial charge in [-0.2, -0.15) is 5.10 Å². The van der Waals surface area contributed by atoms with E-state index in [1.807, 2.05) is 37.3 Å². The number of rotatable bonds is 7. The van der Waals surface area contributed by atoms with Crippen LogP contribution in [0.25, 0.3) is 16.9 Å². The molecule has 4 fully saturated rings. The van der Waals surface area contributed by atoms with Crippen LogP contribution in [0, 0.1) is 30.6 Å². The lowest BCUT2D eigenvalue weighted by Crippen LogP contribution is -2.55. The van der Waals surface area contributed by atoms with Crippen LogP contribution in [0.3, 0.4) is 0 Å². The van der Waals surface area contributed by atoms with Crippen molar-refractivity contribution in [1.29, 1.82) is 0 Å². The molecular weight excluding hydrogens is 527 g/mol. The summed E-state index contributed by atoms with van der Waals surface area (Å²) in [6.07, 6.45) is 7.00. The summed E-state index contributed by atoms with van der Waals surface area (Å²) in [5, 5.41) is 13.1. The van der Waals surface area contributed by atoms with Gasteiger partial charge >= 0.3 is 0 Å². The third-order valence-corrected chi connectivity index (χ3v) is 9.61. The first kappa shape index (κ1) is 25.2. The van der Waals surface area contributed by atoms with E-state index in [1.54, 1.807) is 16.8 Å². The maximum atomic E-state index is 13.3. The van der Waals surface area contributed by atoms with Crippen LogP contribution in [0.2, 0.25) is 15.1 Å². The number of nitrogens with zero attached hydrogens (tertiary/aromatic N) is 2. The minimum atomic E-state index is -0.182. The molecule has 0 aliphatic heterocycles. The van der Waals surface area contributed by atoms with E-state index in [4.69, 9.17) is 39.9 Å². The van der Waals surface area contributed by atoms with Crippen LogP contribution in [0.4, 0.5) is 0 Å². The predicted molar refractivity (Wildman–Crippen MR) is 150 cm³/mol. The molecule has 8 heteroatoms. The van der Waals surface area contributed by atoms with E-state index in [0.717, 1.165) is 52.7 Å². The average molecular weight is 558 g/mol. The summed E-state index contributed by atoms with van der Waals surface area (Å²) in [7, 11) is 0. The fourth-order valence-electron chi connectivity index (χ4n) is 7.22. The molecule has 0 spiro atoms. The number of amides is 1. The molecule has 2 N–H and O–H groups in total. The van der Waals surface area contributed by atoms with Crippen molar-refractivity contribution in [2.75, 3.05) is 13.1 Å². The highest BCUT2D eigenvalue weighted by molar-refractivity contribution is 6.42. The van der Waals surface area contributed by atoms with Crippen molar-refractivity contribution in [3.63, 3.8) is 0 Å². The first-order valence-corrected chi connectivity index (χ1v) is 14.3. The molecule has 4 aliphatic carbocycles. The Morgan fingerprint density at radius 2 is 1.59 bits per heavy atom. The van der Waals surface area contributed by atoms with Gasteiger partial charge in [0.2, 0.25) is 0 Å². The zero-order valence-electron chi connectivity index (χ0n) is 20.8. The van der Waals surface area contributed by atoms with Crippen molar-refractivity contribution in [3.05, 3.63) is 68.8 Å². The van der Waals surface area contributed by atoms with Gasteiger partial charge in [-0.05, 0) is 93.0 Å². The topological polar surface area (TPSA) is 59.0 Å². The number of hydrogen-bond donors (Lipinski definition) is 2. The number of halogens is 3. The second kappa shape index (κ2) is 10.3. The normalized spacial score (nSPS) is 26.0. The number of carbonyl (C=O) groups excluding carboxylic acids is 1. The molecule has 4 aliphatic rings. The highest BCUT2D eigenvalue weighted by Crippen LogP contribution is 2.53. The van der Waals surface area contributed by atoms with E-state index in [1.165, 1.54) is 32.1 Å². The molecular formula is C29H31Cl3N4O. The molecule has 1 aromatic heterocycles. The lowest BCUT2D eigenvalue weighted by atomic mass is 9.54. The number of aromatic nitrogens is 2. The van der Waals surface area contributed by atoms with Crippen molar-refractivity contribution in [2.24, 2.45) is 23.7 Å². The van der Waals surface area contributed by atoms with Gasteiger partial charge in [0.1, 0.15) is 0 Å². The van der Waals surface area contributed by atoms with Gasteiger partial charge in [-0.15, -0.1) is 0 Å². The Morgan fingerprint density at radius 1 is 0.919 bits per heavy atom. The van der Waals surface area contributed by atoms with Crippen molar-refractivity contribution >= 4 is 40.7 Å². The Kier molecular flexibility index (Phi) is 7.00. The highest BCUT2D eigenvalue weighted by Gasteiger charge is 2.47. The largest absolute Gasteiger partial charge is 0.349 e. The fraction of sp³-hybridized carbons (Fsp3) is 0.448. The van der Waals surface area contributed by atoms with Gasteiger partial charge in [-0.25, -0.2) is 4.68 Å². The summed E-state index contributed by atoms with van der Waals surface area (Å²) in [6.45, 7) is 3.26. The lowest BCUT2D eigenvalue weighted by molar-refractivity contribution is -0.0133. The Labute approximate surface area is 232 Å². The maximum absolute atomic E-state index is 13.3. The quantitative estimate of drug-likeness (QED) is 0.309. The standard InChI is InChI=1S/C29H31Cl3N4O/c1-16-26(29(37)34-9-8-33-27-20-11-17-10-18(13-20)14-21(27)12-17)35-36(23-6-7-24(31)25(32)15-23)28(16)19-2-4-22(30)5-3-19/h2-7,15,17-18,20-21,27,33H,8-14H2,1H3,(H,34,37)/t17-,18+,20-,21+,27?. The van der Waals surface area contributed by atoms with Crippen molar-refractivity contribution in [3.8, 4) is 16.9 Å². The van der Waals surface area contributed by atoms with E-state index in [-0.39, 0.29) is 5.91 Å². The molecule has 0 unspecified atom stereocenters. The SMILES string of the molecule is Cc1c(C(=O)NCCNC2[C@H]3C[C@@H]4C[C@@H](C[C@H]2C4)C3)nn(-c2ccc(Cl)c(Cl)c2)c1-c1ccc(Cl)cc1. The number of hydrogen-bond acceptors (Lipinski definition) is 3. The molecule has 4 bridgehead atoms. The van der Waals surface area contributed by atoms with E-state index < -0.39 is 0 Å². The third-order valence-electron chi connectivity index (χ3n) is 8.62. The van der Waals surface area contributed by atoms with Gasteiger partial charge in [0.05, 0.1) is 21.4 Å². The molecule has 5 nitrogen and oxygen atoms in total. The maximum Gasteiger partial charge on any atom is 0.272 e. The summed E-state index contributed by atoms with van der Waals surface area (Å²) in [4.78, 5) is 13.3. The zero-order valence-corrected chi connectivity index (χ0v) is 23.1. The molecule has 0 saturated heterocycles. The van der Waals surface area contributed by atoms with Gasteiger partial charge in [-0.1, -0.05) is 46.9 Å². The van der Waals surface area contributed by atoms with E-state index in [9.17, 15) is 4.79 Å². The molecule has 1 amide bonds. The van der Waals surface area contributed by atoms with Crippen LogP contribution in [0.1, 0.15) is 48.2 Å². The van der Waals surface area contributed by atoms with Crippen LogP contribution < -0.4 is 10.6 Å². The highest BCUT2D eigenvalue weighted by atomic mass is 35.5. The van der Waals surface area contributed by atoms with Crippen LogP contribution >= 0.6 is 34.8 Å². The van der Waals surface area contributed by atoms with Crippen molar-refractivity contribution in [1.82, 2.24) is 20.4 Å². The predicted octanol–water partition coefficient (Wildman–Crippen LogP) is 6.95. The van der Waals surface area contributed by atoms with Crippen LogP contribution in [-0.2, 0) is 0 Å². The van der Waals surface area contributed by atoms with Crippen LogP contribution in [0.5, 0.6) is 0 Å². The van der Waals surface area contributed by atoms with Gasteiger partial charge < -0.3 is 10.6 Å². The average Bonchev–Trinajstić information content (AvgIpc) is 3.22. The van der Waals surface area contributed by atoms with Gasteiger partial charge in [0.15, 0.2) is 5.69 Å². The second-order valence-electron chi connectivity index (χ2n) is 11.0. The second-order valence-corrected chi connectivity index (χ2v) is 12.3. The smallest absolute Gasteiger partial charge is 0.272 e. The Morgan fingerprint density at radius 3 is 2.24 bits per heavy atom.